The molecule has 26 heavy (non-hydrogen) atoms. The number of ether oxygens (including phenoxy) is 4. The Labute approximate surface area is 154 Å². The molecule has 5 nitrogen and oxygen atoms in total. The van der Waals surface area contributed by atoms with Crippen molar-refractivity contribution < 1.29 is 18.9 Å². The summed E-state index contributed by atoms with van der Waals surface area (Å²) in [7, 11) is 8.96. The fraction of sp³-hybridized carbons (Fsp3) is 0.429. The van der Waals surface area contributed by atoms with Gasteiger partial charge in [0, 0.05) is 24.1 Å². The number of likely N-dealkylation sites (N-methyl/N-ethyl adjacent to an activating group) is 1. The van der Waals surface area contributed by atoms with E-state index < -0.39 is 0 Å². The molecule has 2 bridgehead atoms. The van der Waals surface area contributed by atoms with E-state index in [0.717, 1.165) is 36.0 Å². The van der Waals surface area contributed by atoms with Crippen LogP contribution in [0, 0.1) is 0 Å². The number of nitrogens with zero attached hydrogens (tertiary/aromatic N) is 1. The maximum atomic E-state index is 5.75. The fourth-order valence-electron chi connectivity index (χ4n) is 4.52. The van der Waals surface area contributed by atoms with Gasteiger partial charge < -0.3 is 18.9 Å². The van der Waals surface area contributed by atoms with Gasteiger partial charge in [-0.3, -0.25) is 4.90 Å². The van der Waals surface area contributed by atoms with Crippen LogP contribution in [0.2, 0.25) is 0 Å². The minimum atomic E-state index is 0.267. The van der Waals surface area contributed by atoms with Crippen molar-refractivity contribution >= 4 is 0 Å². The van der Waals surface area contributed by atoms with Crippen molar-refractivity contribution in [2.75, 3.05) is 42.0 Å². The summed E-state index contributed by atoms with van der Waals surface area (Å²) < 4.78 is 22.4. The summed E-state index contributed by atoms with van der Waals surface area (Å²) in [5.41, 5.74) is 5.17. The first kappa shape index (κ1) is 17.0. The topological polar surface area (TPSA) is 40.2 Å². The van der Waals surface area contributed by atoms with Gasteiger partial charge in [0.2, 0.25) is 0 Å². The Hall–Kier alpha value is -2.40. The summed E-state index contributed by atoms with van der Waals surface area (Å²) in [5, 5.41) is 0. The Bertz CT molecular complexity index is 848. The number of hydrogen-bond donors (Lipinski definition) is 0. The molecule has 0 amide bonds. The lowest BCUT2D eigenvalue weighted by molar-refractivity contribution is 0.225. The highest BCUT2D eigenvalue weighted by atomic mass is 16.5. The van der Waals surface area contributed by atoms with Crippen LogP contribution < -0.4 is 18.9 Å². The van der Waals surface area contributed by atoms with Crippen LogP contribution in [0.4, 0.5) is 0 Å². The van der Waals surface area contributed by atoms with E-state index in [1.54, 1.807) is 28.4 Å². The van der Waals surface area contributed by atoms with Crippen molar-refractivity contribution in [2.24, 2.45) is 0 Å². The van der Waals surface area contributed by atoms with Crippen LogP contribution in [0.25, 0.3) is 0 Å². The first-order valence-electron chi connectivity index (χ1n) is 8.82. The Morgan fingerprint density at radius 1 is 0.808 bits per heavy atom. The SMILES string of the molecule is COc1cc2c(cc1OC)[C@@H]1Cc3c(ccc(OC)c3OC)[C@@H]2CN1C. The summed E-state index contributed by atoms with van der Waals surface area (Å²) in [6.45, 7) is 0.968. The normalized spacial score (nSPS) is 20.8. The minimum Gasteiger partial charge on any atom is -0.493 e. The van der Waals surface area contributed by atoms with Gasteiger partial charge >= 0.3 is 0 Å². The molecule has 5 rings (SSSR count). The van der Waals surface area contributed by atoms with E-state index in [4.69, 9.17) is 18.9 Å². The Morgan fingerprint density at radius 3 is 2.08 bits per heavy atom. The number of rotatable bonds is 4. The maximum absolute atomic E-state index is 5.75. The highest BCUT2D eigenvalue weighted by Crippen LogP contribution is 2.51. The van der Waals surface area contributed by atoms with Crippen molar-refractivity contribution in [3.05, 3.63) is 46.5 Å². The smallest absolute Gasteiger partial charge is 0.164 e. The van der Waals surface area contributed by atoms with E-state index in [1.165, 1.54) is 22.3 Å². The van der Waals surface area contributed by atoms with Gasteiger partial charge in [-0.2, -0.15) is 0 Å². The average molecular weight is 355 g/mol. The van der Waals surface area contributed by atoms with E-state index >= 15 is 0 Å². The summed E-state index contributed by atoms with van der Waals surface area (Å²) in [6, 6.07) is 8.74. The highest BCUT2D eigenvalue weighted by molar-refractivity contribution is 5.60. The molecule has 0 spiro atoms. The van der Waals surface area contributed by atoms with Crippen LogP contribution in [-0.2, 0) is 6.42 Å². The van der Waals surface area contributed by atoms with Crippen LogP contribution in [0.3, 0.4) is 0 Å². The zero-order valence-electron chi connectivity index (χ0n) is 16.0. The van der Waals surface area contributed by atoms with E-state index in [0.29, 0.717) is 0 Å². The lowest BCUT2D eigenvalue weighted by atomic mass is 9.84. The minimum absolute atomic E-state index is 0.267. The maximum Gasteiger partial charge on any atom is 0.164 e. The summed E-state index contributed by atoms with van der Waals surface area (Å²) in [5.74, 6) is 3.46. The van der Waals surface area contributed by atoms with Crippen molar-refractivity contribution in [1.29, 1.82) is 0 Å². The third-order valence-corrected chi connectivity index (χ3v) is 5.78. The predicted molar refractivity (Wildman–Crippen MR) is 100 cm³/mol. The second-order valence-corrected chi connectivity index (χ2v) is 6.92. The molecule has 138 valence electrons. The standard InChI is InChI=1S/C21H25NO4/c1-22-11-16-12-6-7-18(23-2)21(26-5)15(12)8-17(22)14-10-20(25-4)19(24-3)9-13(14)16/h6-7,9-10,16-17H,8,11H2,1-5H3/t16-,17-/m0/s1. The van der Waals surface area contributed by atoms with Gasteiger partial charge in [0.25, 0.3) is 0 Å². The average Bonchev–Trinajstić information content (AvgIpc) is 2.90. The van der Waals surface area contributed by atoms with Gasteiger partial charge in [0.1, 0.15) is 0 Å². The summed E-state index contributed by atoms with van der Waals surface area (Å²) in [6.07, 6.45) is 0.880. The molecule has 3 aliphatic rings. The number of benzene rings is 2. The summed E-state index contributed by atoms with van der Waals surface area (Å²) in [4.78, 5) is 2.42. The van der Waals surface area contributed by atoms with Crippen LogP contribution in [0.15, 0.2) is 24.3 Å². The van der Waals surface area contributed by atoms with Gasteiger partial charge in [-0.05, 0) is 48.4 Å². The Kier molecular flexibility index (Phi) is 4.19. The molecule has 2 heterocycles. The molecule has 0 N–H and O–H groups in total. The van der Waals surface area contributed by atoms with E-state index in [9.17, 15) is 0 Å². The van der Waals surface area contributed by atoms with Crippen LogP contribution in [-0.4, -0.2) is 46.9 Å². The first-order chi connectivity index (χ1) is 12.6. The second kappa shape index (κ2) is 6.40. The molecule has 1 aliphatic carbocycles. The van der Waals surface area contributed by atoms with E-state index in [-0.39, 0.29) is 12.0 Å². The zero-order valence-corrected chi connectivity index (χ0v) is 16.0. The molecular formula is C21H25NO4. The molecule has 0 aromatic heterocycles. The van der Waals surface area contributed by atoms with Gasteiger partial charge in [0.15, 0.2) is 23.0 Å². The van der Waals surface area contributed by atoms with Gasteiger partial charge in [0.05, 0.1) is 28.4 Å². The molecule has 5 heteroatoms. The largest absolute Gasteiger partial charge is 0.493 e. The molecule has 2 aliphatic heterocycles. The van der Waals surface area contributed by atoms with Crippen molar-refractivity contribution in [2.45, 2.75) is 18.4 Å². The fourth-order valence-corrected chi connectivity index (χ4v) is 4.52. The lowest BCUT2D eigenvalue weighted by Gasteiger charge is -2.36. The van der Waals surface area contributed by atoms with Gasteiger partial charge in [-0.25, -0.2) is 0 Å². The number of methoxy groups -OCH3 is 4. The van der Waals surface area contributed by atoms with Crippen LogP contribution >= 0.6 is 0 Å². The second-order valence-electron chi connectivity index (χ2n) is 6.92. The molecular weight excluding hydrogens is 330 g/mol. The highest BCUT2D eigenvalue weighted by Gasteiger charge is 2.39. The molecule has 0 unspecified atom stereocenters. The third-order valence-electron chi connectivity index (χ3n) is 5.78. The molecule has 0 saturated heterocycles. The molecule has 2 aromatic carbocycles. The monoisotopic (exact) mass is 355 g/mol. The number of fused-ring (bicyclic) bond motifs is 1. The van der Waals surface area contributed by atoms with Crippen molar-refractivity contribution in [3.63, 3.8) is 0 Å². The van der Waals surface area contributed by atoms with Gasteiger partial charge in [-0.1, -0.05) is 6.07 Å². The Morgan fingerprint density at radius 2 is 1.46 bits per heavy atom. The van der Waals surface area contributed by atoms with E-state index in [2.05, 4.69) is 30.1 Å². The number of hydrogen-bond acceptors (Lipinski definition) is 5. The predicted octanol–water partition coefficient (Wildman–Crippen LogP) is 3.40. The molecule has 0 fully saturated rings. The summed E-state index contributed by atoms with van der Waals surface area (Å²) >= 11 is 0. The molecule has 0 saturated carbocycles. The Balaban J connectivity index is 1.96. The lowest BCUT2D eigenvalue weighted by Crippen LogP contribution is -2.33. The van der Waals surface area contributed by atoms with E-state index in [1.807, 2.05) is 6.07 Å². The van der Waals surface area contributed by atoms with Crippen molar-refractivity contribution in [3.8, 4) is 23.0 Å². The first-order valence-corrected chi connectivity index (χ1v) is 8.82. The molecule has 0 radical (unpaired) electrons. The molecule has 2 aromatic rings. The van der Waals surface area contributed by atoms with Gasteiger partial charge in [-0.15, -0.1) is 0 Å². The zero-order chi connectivity index (χ0) is 18.4. The molecule has 2 atom stereocenters. The quantitative estimate of drug-likeness (QED) is 0.841. The van der Waals surface area contributed by atoms with Crippen LogP contribution in [0.1, 0.15) is 34.2 Å². The van der Waals surface area contributed by atoms with Crippen LogP contribution in [0.5, 0.6) is 23.0 Å². The third kappa shape index (κ3) is 2.34. The van der Waals surface area contributed by atoms with Crippen molar-refractivity contribution in [1.82, 2.24) is 4.90 Å².